The van der Waals surface area contributed by atoms with Crippen molar-refractivity contribution in [1.29, 1.82) is 0 Å². The summed E-state index contributed by atoms with van der Waals surface area (Å²) < 4.78 is 13.9. The van der Waals surface area contributed by atoms with Crippen LogP contribution in [0.1, 0.15) is 6.92 Å². The lowest BCUT2D eigenvalue weighted by Gasteiger charge is -2.16. The first-order chi connectivity index (χ1) is 14.7. The van der Waals surface area contributed by atoms with Crippen LogP contribution in [0.25, 0.3) is 11.1 Å². The van der Waals surface area contributed by atoms with Gasteiger partial charge in [0.1, 0.15) is 5.82 Å². The maximum absolute atomic E-state index is 11.9. The van der Waals surface area contributed by atoms with Crippen LogP contribution in [0.15, 0.2) is 47.3 Å². The third kappa shape index (κ3) is 6.67. The van der Waals surface area contributed by atoms with E-state index in [1.54, 1.807) is 41.8 Å². The number of aliphatic hydroxyl groups excluding tert-OH is 1. The second kappa shape index (κ2) is 9.77. The lowest BCUT2D eigenvalue weighted by Crippen LogP contribution is -2.33. The molecule has 2 heterocycles. The molecule has 0 aliphatic carbocycles. The molecule has 5 N–H and O–H groups in total. The summed E-state index contributed by atoms with van der Waals surface area (Å²) in [5.74, 6) is 4.34. The van der Waals surface area contributed by atoms with Gasteiger partial charge in [0.05, 0.1) is 6.61 Å². The van der Waals surface area contributed by atoms with Crippen LogP contribution < -0.4 is 20.7 Å². The normalized spacial score (nSPS) is 13.6. The van der Waals surface area contributed by atoms with Crippen LogP contribution in [0.3, 0.4) is 0 Å². The highest BCUT2D eigenvalue weighted by Gasteiger charge is 2.13. The number of aliphatic hydroxyl groups is 1. The molecule has 0 aliphatic rings. The Morgan fingerprint density at radius 2 is 2.10 bits per heavy atom. The predicted octanol–water partition coefficient (Wildman–Crippen LogP) is 3.12. The average Bonchev–Trinajstić information content (AvgIpc) is 3.21. The topological polar surface area (TPSA) is 128 Å². The minimum absolute atomic E-state index is 0.0387. The van der Waals surface area contributed by atoms with Crippen LogP contribution in [0.5, 0.6) is 0 Å². The molecule has 2 atom stereocenters. The van der Waals surface area contributed by atoms with E-state index in [-0.39, 0.29) is 12.6 Å². The Kier molecular flexibility index (Phi) is 7.10. The van der Waals surface area contributed by atoms with E-state index in [1.807, 2.05) is 23.8 Å². The van der Waals surface area contributed by atoms with Gasteiger partial charge in [0.2, 0.25) is 5.95 Å². The number of anilines is 4. The first-order valence-corrected chi connectivity index (χ1v) is 12.4. The van der Waals surface area contributed by atoms with Crippen LogP contribution in [0.2, 0.25) is 0 Å². The maximum atomic E-state index is 11.9. The van der Waals surface area contributed by atoms with Gasteiger partial charge < -0.3 is 21.1 Å². The Morgan fingerprint density at radius 1 is 1.32 bits per heavy atom. The summed E-state index contributed by atoms with van der Waals surface area (Å²) in [6.45, 7) is 1.82. The van der Waals surface area contributed by atoms with Crippen molar-refractivity contribution in [3.63, 3.8) is 0 Å². The number of nitrogens with one attached hydrogen (secondary N) is 4. The van der Waals surface area contributed by atoms with Crippen molar-refractivity contribution in [2.24, 2.45) is 0 Å². The fourth-order valence-electron chi connectivity index (χ4n) is 2.62. The molecule has 11 heteroatoms. The number of carbonyl (C=O) groups excluding carboxylic acids is 1. The molecule has 0 aliphatic heterocycles. The number of benzene rings is 1. The zero-order valence-electron chi connectivity index (χ0n) is 17.1. The number of hydrogen-bond acceptors (Lipinski definition) is 8. The number of hydrogen-bond donors (Lipinski definition) is 5. The molecule has 9 nitrogen and oxygen atoms in total. The van der Waals surface area contributed by atoms with Crippen LogP contribution in [-0.4, -0.2) is 50.1 Å². The smallest absolute Gasteiger partial charge is 0.330 e. The third-order valence-electron chi connectivity index (χ3n) is 3.96. The fraction of sp³-hybridized carbons (Fsp3) is 0.200. The van der Waals surface area contributed by atoms with Crippen LogP contribution in [0, 0.1) is 0 Å². The summed E-state index contributed by atoms with van der Waals surface area (Å²) in [4.78, 5) is 20.9. The van der Waals surface area contributed by atoms with E-state index in [2.05, 4.69) is 36.5 Å². The Labute approximate surface area is 185 Å². The molecule has 0 bridgehead atoms. The van der Waals surface area contributed by atoms with E-state index in [0.717, 1.165) is 11.1 Å². The van der Waals surface area contributed by atoms with Crippen molar-refractivity contribution in [3.05, 3.63) is 47.3 Å². The third-order valence-corrected chi connectivity index (χ3v) is 5.26. The van der Waals surface area contributed by atoms with Crippen molar-refractivity contribution in [2.75, 3.05) is 28.8 Å². The Morgan fingerprint density at radius 3 is 2.77 bits per heavy atom. The molecule has 1 aromatic carbocycles. The SMILES string of the molecule is C=S(C)(=O)NC(=O)Nc1cccc(Nc2ncc(-c3ccsc3)c(N[C@H](C)CO)n2)c1. The fourth-order valence-corrected chi connectivity index (χ4v) is 3.72. The molecule has 0 radical (unpaired) electrons. The maximum Gasteiger partial charge on any atom is 0.330 e. The second-order valence-corrected chi connectivity index (χ2v) is 9.96. The first-order valence-electron chi connectivity index (χ1n) is 9.28. The van der Waals surface area contributed by atoms with Gasteiger partial charge in [0.15, 0.2) is 0 Å². The highest BCUT2D eigenvalue weighted by molar-refractivity contribution is 7.98. The number of thiophene rings is 1. The monoisotopic (exact) mass is 460 g/mol. The van der Waals surface area contributed by atoms with Crippen molar-refractivity contribution < 1.29 is 14.1 Å². The summed E-state index contributed by atoms with van der Waals surface area (Å²) in [5, 5.41) is 22.3. The van der Waals surface area contributed by atoms with Gasteiger partial charge in [-0.2, -0.15) is 16.3 Å². The summed E-state index contributed by atoms with van der Waals surface area (Å²) in [7, 11) is -2.66. The number of nitrogens with zero attached hydrogens (tertiary/aromatic N) is 2. The van der Waals surface area contributed by atoms with E-state index < -0.39 is 15.7 Å². The van der Waals surface area contributed by atoms with Gasteiger partial charge >= 0.3 is 6.03 Å². The minimum Gasteiger partial charge on any atom is -0.394 e. The first kappa shape index (κ1) is 22.5. The zero-order chi connectivity index (χ0) is 22.4. The largest absolute Gasteiger partial charge is 0.394 e. The highest BCUT2D eigenvalue weighted by Crippen LogP contribution is 2.29. The summed E-state index contributed by atoms with van der Waals surface area (Å²) in [6.07, 6.45) is 3.05. The number of aromatic nitrogens is 2. The lowest BCUT2D eigenvalue weighted by molar-refractivity contribution is 0.257. The van der Waals surface area contributed by atoms with Crippen molar-refractivity contribution in [2.45, 2.75) is 13.0 Å². The molecular weight excluding hydrogens is 436 g/mol. The Hall–Kier alpha value is -3.15. The molecule has 2 aromatic heterocycles. The minimum atomic E-state index is -2.66. The van der Waals surface area contributed by atoms with Gasteiger partial charge in [0, 0.05) is 45.1 Å². The standard InChI is InChI=1S/C20H24N6O3S2/c1-13(11-27)22-18-17(14-7-8-30-12-14)10-21-19(25-18)23-15-5-4-6-16(9-15)24-20(28)26-31(2,3)29/h4-10,12-13,27H,2,11H2,1,3H3,(H2,21,22,23,25)(H2,24,26,28,29)/t13-,31?/m1/s1. The van der Waals surface area contributed by atoms with Gasteiger partial charge in [-0.3, -0.25) is 4.72 Å². The molecule has 0 saturated heterocycles. The molecule has 164 valence electrons. The van der Waals surface area contributed by atoms with Crippen LogP contribution in [-0.2, 0) is 9.71 Å². The zero-order valence-corrected chi connectivity index (χ0v) is 18.7. The Balaban J connectivity index is 1.80. The van der Waals surface area contributed by atoms with Gasteiger partial charge in [-0.15, -0.1) is 0 Å². The molecule has 1 unspecified atom stereocenters. The van der Waals surface area contributed by atoms with Gasteiger partial charge in [-0.25, -0.2) is 14.0 Å². The van der Waals surface area contributed by atoms with Crippen molar-refractivity contribution in [1.82, 2.24) is 14.7 Å². The quantitative estimate of drug-likeness (QED) is 0.327. The molecule has 2 amide bonds. The number of amides is 2. The van der Waals surface area contributed by atoms with Crippen molar-refractivity contribution >= 4 is 56.1 Å². The molecule has 0 spiro atoms. The predicted molar refractivity (Wildman–Crippen MR) is 129 cm³/mol. The molecule has 3 rings (SSSR count). The molecule has 0 saturated carbocycles. The van der Waals surface area contributed by atoms with Crippen LogP contribution >= 0.6 is 11.3 Å². The number of carbonyl (C=O) groups is 1. The molecule has 3 aromatic rings. The van der Waals surface area contributed by atoms with Crippen LogP contribution in [0.4, 0.5) is 27.9 Å². The molecular formula is C20H24N6O3S2. The van der Waals surface area contributed by atoms with E-state index in [1.165, 1.54) is 6.26 Å². The van der Waals surface area contributed by atoms with E-state index in [0.29, 0.717) is 23.1 Å². The lowest BCUT2D eigenvalue weighted by atomic mass is 10.1. The van der Waals surface area contributed by atoms with Crippen molar-refractivity contribution in [3.8, 4) is 11.1 Å². The highest BCUT2D eigenvalue weighted by atomic mass is 32.2. The summed E-state index contributed by atoms with van der Waals surface area (Å²) in [6, 6.07) is 8.12. The van der Waals surface area contributed by atoms with Gasteiger partial charge in [-0.1, -0.05) is 6.07 Å². The van der Waals surface area contributed by atoms with Gasteiger partial charge in [-0.05, 0) is 53.4 Å². The van der Waals surface area contributed by atoms with E-state index in [4.69, 9.17) is 0 Å². The number of rotatable bonds is 8. The van der Waals surface area contributed by atoms with E-state index in [9.17, 15) is 14.1 Å². The average molecular weight is 461 g/mol. The number of urea groups is 1. The summed E-state index contributed by atoms with van der Waals surface area (Å²) in [5.41, 5.74) is 2.96. The van der Waals surface area contributed by atoms with Gasteiger partial charge in [0.25, 0.3) is 0 Å². The second-order valence-electron chi connectivity index (χ2n) is 6.96. The molecule has 31 heavy (non-hydrogen) atoms. The van der Waals surface area contributed by atoms with E-state index >= 15 is 0 Å². The molecule has 0 fully saturated rings. The summed E-state index contributed by atoms with van der Waals surface area (Å²) >= 11 is 1.57. The Bertz CT molecular complexity index is 1150.